The quantitative estimate of drug-likeness (QED) is 0.353. The maximum Gasteiger partial charge on any atom is 0.259 e. The summed E-state index contributed by atoms with van der Waals surface area (Å²) in [6, 6.07) is 13.8. The second-order valence-corrected chi connectivity index (χ2v) is 7.05. The summed E-state index contributed by atoms with van der Waals surface area (Å²) in [6.45, 7) is 0. The highest BCUT2D eigenvalue weighted by Crippen LogP contribution is 2.24. The number of aromatic amines is 1. The fraction of sp³-hybridized carbons (Fsp3) is 0.0455. The van der Waals surface area contributed by atoms with Gasteiger partial charge in [0.15, 0.2) is 5.65 Å². The summed E-state index contributed by atoms with van der Waals surface area (Å²) < 4.78 is 0. The smallest absolute Gasteiger partial charge is 0.259 e. The Hall–Kier alpha value is -4.22. The fourth-order valence-corrected chi connectivity index (χ4v) is 3.30. The predicted molar refractivity (Wildman–Crippen MR) is 120 cm³/mol. The van der Waals surface area contributed by atoms with E-state index in [1.807, 2.05) is 6.07 Å². The van der Waals surface area contributed by atoms with Gasteiger partial charge in [0.05, 0.1) is 29.1 Å². The number of halogens is 1. The van der Waals surface area contributed by atoms with Crippen molar-refractivity contribution in [3.8, 4) is 6.07 Å². The van der Waals surface area contributed by atoms with Crippen LogP contribution in [-0.4, -0.2) is 33.6 Å². The molecule has 0 aliphatic heterocycles. The van der Waals surface area contributed by atoms with Crippen molar-refractivity contribution in [3.05, 3.63) is 82.3 Å². The highest BCUT2D eigenvalue weighted by Gasteiger charge is 2.18. The topological polar surface area (TPSA) is 130 Å². The van der Waals surface area contributed by atoms with Crippen LogP contribution in [0.3, 0.4) is 0 Å². The average molecular weight is 430 g/mol. The molecule has 9 heteroatoms. The maximum atomic E-state index is 12.8. The summed E-state index contributed by atoms with van der Waals surface area (Å²) >= 11 is 6.05. The Morgan fingerprint density at radius 2 is 2.06 bits per heavy atom. The Morgan fingerprint density at radius 3 is 2.84 bits per heavy atom. The number of H-pyrrole nitrogens is 1. The highest BCUT2D eigenvalue weighted by molar-refractivity contribution is 6.31. The number of nitrogens with zero attached hydrogens (tertiary/aromatic N) is 3. The number of nitriles is 1. The zero-order valence-corrected chi connectivity index (χ0v) is 17.1. The molecule has 0 spiro atoms. The van der Waals surface area contributed by atoms with E-state index in [2.05, 4.69) is 25.6 Å². The molecule has 0 saturated heterocycles. The van der Waals surface area contributed by atoms with Gasteiger partial charge >= 0.3 is 0 Å². The summed E-state index contributed by atoms with van der Waals surface area (Å²) in [5, 5.41) is 23.9. The predicted octanol–water partition coefficient (Wildman–Crippen LogP) is 4.19. The molecule has 4 aromatic rings. The minimum atomic E-state index is -0.401. The zero-order chi connectivity index (χ0) is 22.0. The van der Waals surface area contributed by atoms with Crippen LogP contribution in [0.4, 0.5) is 11.4 Å². The molecular weight excluding hydrogens is 414 g/mol. The van der Waals surface area contributed by atoms with Gasteiger partial charge in [-0.15, -0.1) is 0 Å². The molecule has 4 N–H and O–H groups in total. The number of carbonyl (C=O) groups is 1. The molecule has 1 amide bonds. The number of nitrogens with one attached hydrogen (secondary N) is 4. The van der Waals surface area contributed by atoms with Crippen molar-refractivity contribution in [3.63, 3.8) is 0 Å². The Balaban J connectivity index is 1.68. The molecular formula is C22H16ClN7O. The largest absolute Gasteiger partial charge is 0.388 e. The first kappa shape index (κ1) is 20.1. The number of fused-ring (bicyclic) bond motifs is 1. The van der Waals surface area contributed by atoms with Crippen molar-refractivity contribution in [2.24, 2.45) is 0 Å². The molecule has 2 aromatic heterocycles. The van der Waals surface area contributed by atoms with Crippen molar-refractivity contribution >= 4 is 45.8 Å². The minimum Gasteiger partial charge on any atom is -0.388 e. The fourth-order valence-electron chi connectivity index (χ4n) is 3.13. The van der Waals surface area contributed by atoms with E-state index in [9.17, 15) is 4.79 Å². The van der Waals surface area contributed by atoms with Gasteiger partial charge in [0.25, 0.3) is 5.91 Å². The van der Waals surface area contributed by atoms with E-state index in [4.69, 9.17) is 22.3 Å². The normalized spacial score (nSPS) is 10.5. The van der Waals surface area contributed by atoms with Crippen LogP contribution in [0.25, 0.3) is 11.2 Å². The van der Waals surface area contributed by atoms with Crippen LogP contribution in [0, 0.1) is 16.7 Å². The molecule has 8 nitrogen and oxygen atoms in total. The Morgan fingerprint density at radius 1 is 1.23 bits per heavy atom. The molecule has 0 bridgehead atoms. The number of benzene rings is 2. The van der Waals surface area contributed by atoms with Crippen molar-refractivity contribution in [2.75, 3.05) is 17.7 Å². The van der Waals surface area contributed by atoms with Gasteiger partial charge in [0.1, 0.15) is 11.2 Å². The molecule has 2 aromatic carbocycles. The van der Waals surface area contributed by atoms with Gasteiger partial charge in [-0.1, -0.05) is 17.7 Å². The summed E-state index contributed by atoms with van der Waals surface area (Å²) in [6.07, 6.45) is 3.00. The zero-order valence-electron chi connectivity index (χ0n) is 16.3. The molecule has 4 rings (SSSR count). The molecule has 0 saturated carbocycles. The Kier molecular flexibility index (Phi) is 5.35. The van der Waals surface area contributed by atoms with Crippen LogP contribution in [0.5, 0.6) is 0 Å². The van der Waals surface area contributed by atoms with E-state index < -0.39 is 5.91 Å². The molecule has 0 radical (unpaired) electrons. The molecule has 0 aliphatic rings. The van der Waals surface area contributed by atoms with Gasteiger partial charge in [-0.25, -0.2) is 9.97 Å². The first-order valence-corrected chi connectivity index (χ1v) is 9.60. The Labute approximate surface area is 182 Å². The van der Waals surface area contributed by atoms with Gasteiger partial charge in [0, 0.05) is 35.2 Å². The molecule has 0 fully saturated rings. The van der Waals surface area contributed by atoms with E-state index in [0.717, 1.165) is 0 Å². The standard InChI is InChI=1S/C22H16ClN7O/c1-26-17-8-13(23)5-6-15(17)19(25)18-11-28-21-20(30-18)16(10-27-21)22(31)29-14-4-2-3-12(7-14)9-24/h2-8,10-11,25-26H,1H3,(H,27,28)(H,29,31). The number of hydrogen-bond acceptors (Lipinski definition) is 6. The maximum absolute atomic E-state index is 12.8. The van der Waals surface area contributed by atoms with E-state index >= 15 is 0 Å². The SMILES string of the molecule is CNc1cc(Cl)ccc1C(=N)c1cnc2[nH]cc(C(=O)Nc3cccc(C#N)c3)c2n1. The summed E-state index contributed by atoms with van der Waals surface area (Å²) in [4.78, 5) is 24.6. The highest BCUT2D eigenvalue weighted by atomic mass is 35.5. The van der Waals surface area contributed by atoms with Gasteiger partial charge < -0.3 is 15.6 Å². The lowest BCUT2D eigenvalue weighted by molar-refractivity contribution is 0.102. The van der Waals surface area contributed by atoms with E-state index in [1.54, 1.807) is 49.5 Å². The molecule has 2 heterocycles. The number of anilines is 2. The van der Waals surface area contributed by atoms with E-state index in [-0.39, 0.29) is 11.3 Å². The second kappa shape index (κ2) is 8.26. The third kappa shape index (κ3) is 3.95. The van der Waals surface area contributed by atoms with Crippen molar-refractivity contribution in [1.29, 1.82) is 10.7 Å². The first-order chi connectivity index (χ1) is 15.0. The monoisotopic (exact) mass is 429 g/mol. The van der Waals surface area contributed by atoms with Crippen LogP contribution < -0.4 is 10.6 Å². The molecule has 0 unspecified atom stereocenters. The van der Waals surface area contributed by atoms with Crippen molar-refractivity contribution in [1.82, 2.24) is 15.0 Å². The van der Waals surface area contributed by atoms with Crippen LogP contribution >= 0.6 is 11.6 Å². The van der Waals surface area contributed by atoms with E-state index in [0.29, 0.717) is 44.4 Å². The van der Waals surface area contributed by atoms with Crippen LogP contribution in [0.15, 0.2) is 54.9 Å². The minimum absolute atomic E-state index is 0.143. The van der Waals surface area contributed by atoms with Gasteiger partial charge in [-0.2, -0.15) is 5.26 Å². The molecule has 152 valence electrons. The van der Waals surface area contributed by atoms with Crippen LogP contribution in [0.1, 0.15) is 27.2 Å². The van der Waals surface area contributed by atoms with Crippen LogP contribution in [0.2, 0.25) is 5.02 Å². The van der Waals surface area contributed by atoms with Crippen LogP contribution in [-0.2, 0) is 0 Å². The summed E-state index contributed by atoms with van der Waals surface area (Å²) in [7, 11) is 1.74. The number of rotatable bonds is 5. The lowest BCUT2D eigenvalue weighted by atomic mass is 10.1. The van der Waals surface area contributed by atoms with Gasteiger partial charge in [-0.3, -0.25) is 10.2 Å². The number of aromatic nitrogens is 3. The second-order valence-electron chi connectivity index (χ2n) is 6.62. The van der Waals surface area contributed by atoms with Crippen molar-refractivity contribution in [2.45, 2.75) is 0 Å². The third-order valence-corrected chi connectivity index (χ3v) is 4.89. The molecule has 31 heavy (non-hydrogen) atoms. The number of amides is 1. The van der Waals surface area contributed by atoms with Gasteiger partial charge in [-0.05, 0) is 36.4 Å². The number of hydrogen-bond donors (Lipinski definition) is 4. The van der Waals surface area contributed by atoms with E-state index in [1.165, 1.54) is 12.4 Å². The number of carbonyl (C=O) groups excluding carboxylic acids is 1. The van der Waals surface area contributed by atoms with Gasteiger partial charge in [0.2, 0.25) is 0 Å². The summed E-state index contributed by atoms with van der Waals surface area (Å²) in [5.74, 6) is -0.401. The lowest BCUT2D eigenvalue weighted by Gasteiger charge is -2.10. The molecule has 0 atom stereocenters. The molecule has 0 aliphatic carbocycles. The third-order valence-electron chi connectivity index (χ3n) is 4.65. The first-order valence-electron chi connectivity index (χ1n) is 9.22. The lowest BCUT2D eigenvalue weighted by Crippen LogP contribution is -2.13. The van der Waals surface area contributed by atoms with Crippen molar-refractivity contribution < 1.29 is 4.79 Å². The summed E-state index contributed by atoms with van der Waals surface area (Å²) in [5.41, 5.74) is 3.74. The Bertz CT molecular complexity index is 1370. The average Bonchev–Trinajstić information content (AvgIpc) is 3.22.